The second-order valence-corrected chi connectivity index (χ2v) is 4.93. The molecule has 0 saturated carbocycles. The summed E-state index contributed by atoms with van der Waals surface area (Å²) in [7, 11) is 0. The zero-order chi connectivity index (χ0) is 14.5. The zero-order valence-corrected chi connectivity index (χ0v) is 11.7. The van der Waals surface area contributed by atoms with E-state index in [1.54, 1.807) is 13.0 Å². The molecule has 0 aliphatic heterocycles. The first-order chi connectivity index (χ1) is 9.58. The van der Waals surface area contributed by atoms with Crippen LogP contribution in [-0.2, 0) is 0 Å². The molecule has 106 valence electrons. The fourth-order valence-corrected chi connectivity index (χ4v) is 2.13. The van der Waals surface area contributed by atoms with Gasteiger partial charge in [0.2, 0.25) is 0 Å². The number of aliphatic hydroxyl groups excluding tert-OH is 1. The van der Waals surface area contributed by atoms with E-state index in [-0.39, 0.29) is 11.9 Å². The Morgan fingerprint density at radius 3 is 2.60 bits per heavy atom. The van der Waals surface area contributed by atoms with Crippen molar-refractivity contribution in [2.45, 2.75) is 32.4 Å². The Kier molecular flexibility index (Phi) is 4.58. The lowest BCUT2D eigenvalue weighted by Crippen LogP contribution is -2.33. The van der Waals surface area contributed by atoms with Gasteiger partial charge in [-0.1, -0.05) is 30.3 Å². The highest BCUT2D eigenvalue weighted by Crippen LogP contribution is 2.18. The topological polar surface area (TPSA) is 62.5 Å². The van der Waals surface area contributed by atoms with E-state index in [1.807, 2.05) is 37.3 Å². The van der Waals surface area contributed by atoms with Gasteiger partial charge in [0, 0.05) is 6.04 Å². The first-order valence-corrected chi connectivity index (χ1v) is 6.66. The summed E-state index contributed by atoms with van der Waals surface area (Å²) in [4.78, 5) is 12.0. The Labute approximate surface area is 118 Å². The molecule has 4 nitrogen and oxygen atoms in total. The second-order valence-electron chi connectivity index (χ2n) is 4.93. The summed E-state index contributed by atoms with van der Waals surface area (Å²) < 4.78 is 5.11. The van der Waals surface area contributed by atoms with Crippen LogP contribution in [-0.4, -0.2) is 17.1 Å². The number of aliphatic hydroxyl groups is 1. The van der Waals surface area contributed by atoms with Crippen LogP contribution in [0.1, 0.15) is 41.1 Å². The van der Waals surface area contributed by atoms with Crippen LogP contribution >= 0.6 is 0 Å². The van der Waals surface area contributed by atoms with Gasteiger partial charge in [-0.2, -0.15) is 0 Å². The van der Waals surface area contributed by atoms with Crippen LogP contribution in [0, 0.1) is 6.92 Å². The molecule has 2 rings (SSSR count). The van der Waals surface area contributed by atoms with E-state index in [2.05, 4.69) is 5.32 Å². The molecule has 2 atom stereocenters. The van der Waals surface area contributed by atoms with Gasteiger partial charge in [-0.05, 0) is 31.9 Å². The van der Waals surface area contributed by atoms with Gasteiger partial charge in [-0.3, -0.25) is 4.79 Å². The molecular weight excluding hydrogens is 254 g/mol. The van der Waals surface area contributed by atoms with E-state index in [0.29, 0.717) is 17.7 Å². The van der Waals surface area contributed by atoms with Crippen molar-refractivity contribution in [3.05, 3.63) is 59.5 Å². The van der Waals surface area contributed by atoms with Gasteiger partial charge in [-0.15, -0.1) is 0 Å². The summed E-state index contributed by atoms with van der Waals surface area (Å²) >= 11 is 0. The molecule has 0 radical (unpaired) electrons. The molecule has 2 N–H and O–H groups in total. The van der Waals surface area contributed by atoms with Crippen LogP contribution in [0.5, 0.6) is 0 Å². The monoisotopic (exact) mass is 273 g/mol. The maximum Gasteiger partial charge on any atom is 0.255 e. The minimum atomic E-state index is -0.586. The average molecular weight is 273 g/mol. The number of hydrogen-bond donors (Lipinski definition) is 2. The molecule has 20 heavy (non-hydrogen) atoms. The van der Waals surface area contributed by atoms with E-state index in [4.69, 9.17) is 4.42 Å². The van der Waals surface area contributed by atoms with Gasteiger partial charge < -0.3 is 14.8 Å². The molecule has 4 heteroatoms. The Morgan fingerprint density at radius 1 is 1.30 bits per heavy atom. The van der Waals surface area contributed by atoms with Crippen molar-refractivity contribution in [3.63, 3.8) is 0 Å². The first-order valence-electron chi connectivity index (χ1n) is 6.66. The van der Waals surface area contributed by atoms with Gasteiger partial charge in [0.1, 0.15) is 5.76 Å². The predicted octanol–water partition coefficient (Wildman–Crippen LogP) is 2.83. The maximum absolute atomic E-state index is 12.0. The van der Waals surface area contributed by atoms with Crippen LogP contribution in [0.4, 0.5) is 0 Å². The predicted molar refractivity (Wildman–Crippen MR) is 76.4 cm³/mol. The molecule has 1 aromatic carbocycles. The fourth-order valence-electron chi connectivity index (χ4n) is 2.13. The van der Waals surface area contributed by atoms with E-state index in [1.165, 1.54) is 6.26 Å². The van der Waals surface area contributed by atoms with Crippen molar-refractivity contribution < 1.29 is 14.3 Å². The summed E-state index contributed by atoms with van der Waals surface area (Å²) in [6.07, 6.45) is 1.37. The van der Waals surface area contributed by atoms with E-state index < -0.39 is 6.10 Å². The van der Waals surface area contributed by atoms with Gasteiger partial charge in [-0.25, -0.2) is 0 Å². The highest BCUT2D eigenvalue weighted by molar-refractivity contribution is 5.95. The molecule has 0 bridgehead atoms. The molecule has 2 aromatic rings. The van der Waals surface area contributed by atoms with Crippen molar-refractivity contribution in [3.8, 4) is 0 Å². The lowest BCUT2D eigenvalue weighted by Gasteiger charge is -2.18. The Morgan fingerprint density at radius 2 is 2.00 bits per heavy atom. The molecule has 0 spiro atoms. The van der Waals surface area contributed by atoms with E-state index >= 15 is 0 Å². The van der Waals surface area contributed by atoms with Crippen molar-refractivity contribution >= 4 is 5.91 Å². The van der Waals surface area contributed by atoms with Crippen LogP contribution in [0.25, 0.3) is 0 Å². The third-order valence-corrected chi connectivity index (χ3v) is 3.24. The number of furan rings is 1. The number of nitrogens with one attached hydrogen (secondary N) is 1. The first kappa shape index (κ1) is 14.3. The highest BCUT2D eigenvalue weighted by atomic mass is 16.3. The summed E-state index contributed by atoms with van der Waals surface area (Å²) in [5.74, 6) is 0.419. The quantitative estimate of drug-likeness (QED) is 0.880. The van der Waals surface area contributed by atoms with E-state index in [0.717, 1.165) is 5.56 Å². The molecular formula is C16H19NO3. The number of benzene rings is 1. The standard InChI is InChI=1S/C16H19NO3/c1-11(10-15(18)13-6-4-3-5-7-13)17-16(19)14-8-9-20-12(14)2/h3-9,11,15,18H,10H2,1-2H3,(H,17,19)/t11-,15-/m0/s1. The Hall–Kier alpha value is -2.07. The molecule has 0 fully saturated rings. The second kappa shape index (κ2) is 6.39. The van der Waals surface area contributed by atoms with Crippen LogP contribution in [0.15, 0.2) is 47.1 Å². The summed E-state index contributed by atoms with van der Waals surface area (Å²) in [6.45, 7) is 3.62. The third-order valence-electron chi connectivity index (χ3n) is 3.24. The number of aryl methyl sites for hydroxylation is 1. The smallest absolute Gasteiger partial charge is 0.255 e. The fraction of sp³-hybridized carbons (Fsp3) is 0.312. The van der Waals surface area contributed by atoms with Crippen molar-refractivity contribution in [1.29, 1.82) is 0 Å². The van der Waals surface area contributed by atoms with Gasteiger partial charge in [0.15, 0.2) is 0 Å². The molecule has 0 saturated heterocycles. The lowest BCUT2D eigenvalue weighted by molar-refractivity contribution is 0.0915. The summed E-state index contributed by atoms with van der Waals surface area (Å²) in [5, 5.41) is 13.0. The number of rotatable bonds is 5. The van der Waals surface area contributed by atoms with Gasteiger partial charge in [0.25, 0.3) is 5.91 Å². The minimum absolute atomic E-state index is 0.132. The average Bonchev–Trinajstić information content (AvgIpc) is 2.86. The number of amides is 1. The summed E-state index contributed by atoms with van der Waals surface area (Å²) in [5.41, 5.74) is 1.39. The minimum Gasteiger partial charge on any atom is -0.469 e. The van der Waals surface area contributed by atoms with E-state index in [9.17, 15) is 9.90 Å². The Balaban J connectivity index is 1.91. The molecule has 1 amide bonds. The molecule has 0 aliphatic rings. The van der Waals surface area contributed by atoms with Gasteiger partial charge in [0.05, 0.1) is 17.9 Å². The van der Waals surface area contributed by atoms with Crippen LogP contribution in [0.3, 0.4) is 0 Å². The van der Waals surface area contributed by atoms with Crippen molar-refractivity contribution in [2.24, 2.45) is 0 Å². The SMILES string of the molecule is Cc1occc1C(=O)N[C@@H](C)C[C@H](O)c1ccccc1. The van der Waals surface area contributed by atoms with Crippen molar-refractivity contribution in [1.82, 2.24) is 5.32 Å². The third kappa shape index (κ3) is 3.48. The lowest BCUT2D eigenvalue weighted by atomic mass is 10.0. The maximum atomic E-state index is 12.0. The van der Waals surface area contributed by atoms with Crippen LogP contribution < -0.4 is 5.32 Å². The van der Waals surface area contributed by atoms with Gasteiger partial charge >= 0.3 is 0 Å². The molecule has 1 heterocycles. The normalized spacial score (nSPS) is 13.8. The molecule has 0 aliphatic carbocycles. The number of carbonyl (C=O) groups excluding carboxylic acids is 1. The number of carbonyl (C=O) groups is 1. The van der Waals surface area contributed by atoms with Crippen molar-refractivity contribution in [2.75, 3.05) is 0 Å². The largest absolute Gasteiger partial charge is 0.469 e. The molecule has 1 aromatic heterocycles. The molecule has 0 unspecified atom stereocenters. The highest BCUT2D eigenvalue weighted by Gasteiger charge is 2.17. The Bertz CT molecular complexity index is 562. The zero-order valence-electron chi connectivity index (χ0n) is 11.7. The summed E-state index contributed by atoms with van der Waals surface area (Å²) in [6, 6.07) is 10.9. The number of hydrogen-bond acceptors (Lipinski definition) is 3. The van der Waals surface area contributed by atoms with Crippen LogP contribution in [0.2, 0.25) is 0 Å².